The van der Waals surface area contributed by atoms with E-state index in [-0.39, 0.29) is 30.2 Å². The van der Waals surface area contributed by atoms with Crippen molar-refractivity contribution in [2.45, 2.75) is 25.3 Å². The minimum atomic E-state index is -0.374. The van der Waals surface area contributed by atoms with Gasteiger partial charge in [0.2, 0.25) is 5.91 Å². The summed E-state index contributed by atoms with van der Waals surface area (Å²) in [6, 6.07) is 9.80. The Morgan fingerprint density at radius 2 is 2.17 bits per heavy atom. The van der Waals surface area contributed by atoms with Crippen molar-refractivity contribution in [3.8, 4) is 0 Å². The lowest BCUT2D eigenvalue weighted by Crippen LogP contribution is -2.45. The van der Waals surface area contributed by atoms with Crippen molar-refractivity contribution in [1.82, 2.24) is 14.8 Å². The lowest BCUT2D eigenvalue weighted by molar-refractivity contribution is -0.138. The monoisotopic (exact) mass is 441 g/mol. The maximum atomic E-state index is 13.4. The van der Waals surface area contributed by atoms with Gasteiger partial charge >= 0.3 is 0 Å². The normalized spacial score (nSPS) is 20.8. The fraction of sp³-hybridized carbons (Fsp3) is 0.273. The van der Waals surface area contributed by atoms with Crippen LogP contribution in [0.25, 0.3) is 6.08 Å². The van der Waals surface area contributed by atoms with Crippen LogP contribution in [-0.4, -0.2) is 44.0 Å². The van der Waals surface area contributed by atoms with E-state index in [1.54, 1.807) is 30.6 Å². The zero-order valence-corrected chi connectivity index (χ0v) is 17.8. The third kappa shape index (κ3) is 4.44. The van der Waals surface area contributed by atoms with E-state index in [9.17, 15) is 14.0 Å². The first-order chi connectivity index (χ1) is 14.5. The number of amides is 2. The molecule has 2 aromatic rings. The van der Waals surface area contributed by atoms with E-state index in [0.717, 1.165) is 36.6 Å². The number of piperidine rings is 1. The molecule has 0 bridgehead atoms. The predicted octanol–water partition coefficient (Wildman–Crippen LogP) is 4.18. The second-order valence-electron chi connectivity index (χ2n) is 7.21. The largest absolute Gasteiger partial charge is 0.334 e. The van der Waals surface area contributed by atoms with Crippen LogP contribution in [0.3, 0.4) is 0 Å². The number of hydrogen-bond acceptors (Lipinski definition) is 5. The Balaban J connectivity index is 1.49. The summed E-state index contributed by atoms with van der Waals surface area (Å²) in [5, 5.41) is 0. The zero-order chi connectivity index (χ0) is 21.1. The summed E-state index contributed by atoms with van der Waals surface area (Å²) in [7, 11) is 0. The molecule has 2 saturated heterocycles. The number of aromatic nitrogens is 1. The molecular weight excluding hydrogens is 421 g/mol. The molecule has 30 heavy (non-hydrogen) atoms. The van der Waals surface area contributed by atoms with Gasteiger partial charge < -0.3 is 4.90 Å². The minimum absolute atomic E-state index is 0.0406. The summed E-state index contributed by atoms with van der Waals surface area (Å²) in [5.74, 6) is -0.828. The van der Waals surface area contributed by atoms with Crippen LogP contribution in [0, 0.1) is 5.82 Å². The van der Waals surface area contributed by atoms with Crippen LogP contribution in [0.1, 0.15) is 36.4 Å². The van der Waals surface area contributed by atoms with Crippen LogP contribution in [-0.2, 0) is 9.59 Å². The highest BCUT2D eigenvalue weighted by Gasteiger charge is 2.36. The molecule has 0 N–H and O–H groups in total. The van der Waals surface area contributed by atoms with Crippen LogP contribution in [0.5, 0.6) is 0 Å². The molecule has 1 aromatic heterocycles. The van der Waals surface area contributed by atoms with Crippen LogP contribution in [0.15, 0.2) is 53.7 Å². The number of rotatable bonds is 4. The van der Waals surface area contributed by atoms with Crippen molar-refractivity contribution in [3.05, 3.63) is 70.6 Å². The Labute approximate surface area is 184 Å². The Morgan fingerprint density at radius 1 is 1.30 bits per heavy atom. The number of likely N-dealkylation sites (tertiary alicyclic amines) is 1. The van der Waals surface area contributed by atoms with Crippen LogP contribution in [0.2, 0.25) is 0 Å². The Morgan fingerprint density at radius 3 is 2.93 bits per heavy atom. The predicted molar refractivity (Wildman–Crippen MR) is 119 cm³/mol. The number of nitrogens with zero attached hydrogens (tertiary/aromatic N) is 3. The summed E-state index contributed by atoms with van der Waals surface area (Å²) in [5.41, 5.74) is 1.58. The van der Waals surface area contributed by atoms with Crippen LogP contribution < -0.4 is 0 Å². The fourth-order valence-electron chi connectivity index (χ4n) is 3.76. The number of carbonyl (C=O) groups excluding carboxylic acids is 2. The quantitative estimate of drug-likeness (QED) is 0.526. The van der Waals surface area contributed by atoms with E-state index >= 15 is 0 Å². The van der Waals surface area contributed by atoms with Crippen LogP contribution in [0.4, 0.5) is 4.39 Å². The first-order valence-electron chi connectivity index (χ1n) is 9.73. The van der Waals surface area contributed by atoms with Crippen LogP contribution >= 0.6 is 24.0 Å². The molecule has 2 fully saturated rings. The molecule has 2 aliphatic heterocycles. The third-order valence-electron chi connectivity index (χ3n) is 5.21. The fourth-order valence-corrected chi connectivity index (χ4v) is 5.01. The van der Waals surface area contributed by atoms with Crippen molar-refractivity contribution in [2.75, 3.05) is 13.1 Å². The van der Waals surface area contributed by atoms with E-state index in [0.29, 0.717) is 21.3 Å². The highest BCUT2D eigenvalue weighted by molar-refractivity contribution is 8.26. The van der Waals surface area contributed by atoms with Gasteiger partial charge in [-0.25, -0.2) is 4.39 Å². The number of benzene rings is 1. The van der Waals surface area contributed by atoms with E-state index in [1.807, 2.05) is 17.0 Å². The van der Waals surface area contributed by atoms with Gasteiger partial charge in [-0.05, 0) is 54.7 Å². The molecule has 2 amide bonds. The number of pyridine rings is 1. The molecule has 0 saturated carbocycles. The summed E-state index contributed by atoms with van der Waals surface area (Å²) in [6.45, 7) is 0.550. The topological polar surface area (TPSA) is 53.5 Å². The van der Waals surface area contributed by atoms with E-state index in [2.05, 4.69) is 4.98 Å². The third-order valence-corrected chi connectivity index (χ3v) is 6.58. The van der Waals surface area contributed by atoms with Gasteiger partial charge in [-0.15, -0.1) is 0 Å². The summed E-state index contributed by atoms with van der Waals surface area (Å²) in [6.07, 6.45) is 7.95. The molecule has 0 aliphatic carbocycles. The second kappa shape index (κ2) is 9.06. The minimum Gasteiger partial charge on any atom is -0.334 e. The highest BCUT2D eigenvalue weighted by atomic mass is 32.2. The number of thioether (sulfide) groups is 1. The van der Waals surface area contributed by atoms with E-state index in [1.165, 1.54) is 17.0 Å². The molecule has 8 heteroatoms. The zero-order valence-electron chi connectivity index (χ0n) is 16.2. The first-order valence-corrected chi connectivity index (χ1v) is 11.0. The lowest BCUT2D eigenvalue weighted by atomic mass is 9.96. The Hall–Kier alpha value is -2.58. The number of hydrogen-bond donors (Lipinski definition) is 0. The highest BCUT2D eigenvalue weighted by Crippen LogP contribution is 2.34. The first kappa shape index (κ1) is 20.7. The molecule has 154 valence electrons. The van der Waals surface area contributed by atoms with Crippen molar-refractivity contribution in [2.24, 2.45) is 0 Å². The van der Waals surface area contributed by atoms with Gasteiger partial charge in [0.15, 0.2) is 0 Å². The molecule has 0 unspecified atom stereocenters. The van der Waals surface area contributed by atoms with Crippen molar-refractivity contribution < 1.29 is 14.0 Å². The summed E-state index contributed by atoms with van der Waals surface area (Å²) in [4.78, 5) is 33.7. The molecular formula is C22H20FN3O2S2. The number of carbonyl (C=O) groups is 2. The number of halogens is 1. The van der Waals surface area contributed by atoms with Gasteiger partial charge in [-0.1, -0.05) is 42.2 Å². The van der Waals surface area contributed by atoms with Gasteiger partial charge in [0.25, 0.3) is 5.91 Å². The number of thiocarbonyl (C=S) groups is 1. The molecule has 3 heterocycles. The standard InChI is InChI=1S/C22H20FN3O2S2/c23-17-7-3-5-15(11-17)12-19-21(28)26(22(29)30-19)14-20(27)25-10-2-1-8-18(25)16-6-4-9-24-13-16/h3-7,9,11-13,18H,1-2,8,10,14H2/b19-12-/t18-/m1/s1. The van der Waals surface area contributed by atoms with Gasteiger partial charge in [0.1, 0.15) is 16.7 Å². The van der Waals surface area contributed by atoms with Crippen molar-refractivity contribution in [3.63, 3.8) is 0 Å². The Kier molecular flexibility index (Phi) is 6.24. The summed E-state index contributed by atoms with van der Waals surface area (Å²) >= 11 is 6.49. The SMILES string of the molecule is O=C1/C(=C/c2cccc(F)c2)SC(=S)N1CC(=O)N1CCCC[C@@H]1c1cccnc1. The molecule has 4 rings (SSSR count). The summed E-state index contributed by atoms with van der Waals surface area (Å²) < 4.78 is 13.8. The lowest BCUT2D eigenvalue weighted by Gasteiger charge is -2.36. The van der Waals surface area contributed by atoms with Gasteiger partial charge in [0, 0.05) is 18.9 Å². The van der Waals surface area contributed by atoms with E-state index in [4.69, 9.17) is 12.2 Å². The molecule has 1 atom stereocenters. The van der Waals surface area contributed by atoms with Crippen molar-refractivity contribution >= 4 is 46.2 Å². The molecule has 0 radical (unpaired) electrons. The maximum Gasteiger partial charge on any atom is 0.266 e. The molecule has 2 aliphatic rings. The van der Waals surface area contributed by atoms with Gasteiger partial charge in [-0.2, -0.15) is 0 Å². The van der Waals surface area contributed by atoms with Crippen molar-refractivity contribution in [1.29, 1.82) is 0 Å². The molecule has 0 spiro atoms. The smallest absolute Gasteiger partial charge is 0.266 e. The average Bonchev–Trinajstić information content (AvgIpc) is 3.01. The average molecular weight is 442 g/mol. The van der Waals surface area contributed by atoms with Gasteiger partial charge in [-0.3, -0.25) is 19.5 Å². The second-order valence-corrected chi connectivity index (χ2v) is 8.88. The van der Waals surface area contributed by atoms with Gasteiger partial charge in [0.05, 0.1) is 10.9 Å². The maximum absolute atomic E-state index is 13.4. The molecule has 1 aromatic carbocycles. The van der Waals surface area contributed by atoms with E-state index < -0.39 is 0 Å². The Bertz CT molecular complexity index is 1010. The molecule has 5 nitrogen and oxygen atoms in total.